The lowest BCUT2D eigenvalue weighted by atomic mass is 10.1. The molecule has 3 amide bonds. The van der Waals surface area contributed by atoms with E-state index in [0.29, 0.717) is 41.1 Å². The number of nitrogens with zero attached hydrogens (tertiary/aromatic N) is 2. The van der Waals surface area contributed by atoms with Gasteiger partial charge in [-0.2, -0.15) is 0 Å². The van der Waals surface area contributed by atoms with Gasteiger partial charge in [-0.25, -0.2) is 0 Å². The number of piperidine rings is 1. The van der Waals surface area contributed by atoms with Gasteiger partial charge in [-0.1, -0.05) is 6.07 Å². The van der Waals surface area contributed by atoms with Gasteiger partial charge in [0, 0.05) is 54.1 Å². The van der Waals surface area contributed by atoms with Crippen LogP contribution in [0.5, 0.6) is 0 Å². The van der Waals surface area contributed by atoms with Crippen LogP contribution in [0.15, 0.2) is 48.8 Å². The number of aromatic amines is 1. The molecule has 2 aromatic heterocycles. The fourth-order valence-corrected chi connectivity index (χ4v) is 4.77. The molecule has 3 aromatic rings. The number of amides is 3. The van der Waals surface area contributed by atoms with Gasteiger partial charge in [-0.05, 0) is 54.5 Å². The minimum absolute atomic E-state index is 0.0596. The van der Waals surface area contributed by atoms with Gasteiger partial charge >= 0.3 is 0 Å². The van der Waals surface area contributed by atoms with Crippen molar-refractivity contribution >= 4 is 28.6 Å². The summed E-state index contributed by atoms with van der Waals surface area (Å²) in [5, 5.41) is 3.89. The Bertz CT molecular complexity index is 1140. The first-order chi connectivity index (χ1) is 15.0. The number of pyridine rings is 1. The van der Waals surface area contributed by atoms with E-state index in [1.54, 1.807) is 42.7 Å². The molecule has 2 fully saturated rings. The molecular formula is C23H23N5O3. The minimum Gasteiger partial charge on any atom is -0.366 e. The van der Waals surface area contributed by atoms with Gasteiger partial charge in [0.15, 0.2) is 0 Å². The van der Waals surface area contributed by atoms with Crippen molar-refractivity contribution in [3.8, 4) is 0 Å². The molecule has 1 aliphatic heterocycles. The standard InChI is InChI=1S/C23H23N5O3/c24-21(29)13-2-1-3-14(8-13)23(31)28-11-17-16(18(17)12-28)4-7-26-22(30)20-9-15-10-25-6-5-19(15)27-20/h1-3,5-6,8-10,16-18,27H,4,7,11-12H2,(H2,24,29)(H,26,30)/t16-,17-,18+. The zero-order valence-electron chi connectivity index (χ0n) is 16.9. The molecular weight excluding hydrogens is 394 g/mol. The number of nitrogens with two attached hydrogens (primary N) is 1. The average Bonchev–Trinajstić information content (AvgIpc) is 3.14. The molecule has 3 heterocycles. The molecule has 1 aliphatic carbocycles. The molecule has 0 spiro atoms. The predicted molar refractivity (Wildman–Crippen MR) is 114 cm³/mol. The van der Waals surface area contributed by atoms with Gasteiger partial charge in [-0.15, -0.1) is 0 Å². The molecule has 1 saturated carbocycles. The lowest BCUT2D eigenvalue weighted by molar-refractivity contribution is 0.0767. The van der Waals surface area contributed by atoms with E-state index < -0.39 is 5.91 Å². The fraction of sp³-hybridized carbons (Fsp3) is 0.304. The quantitative estimate of drug-likeness (QED) is 0.566. The highest BCUT2D eigenvalue weighted by molar-refractivity contribution is 5.99. The maximum absolute atomic E-state index is 12.7. The van der Waals surface area contributed by atoms with Crippen molar-refractivity contribution in [2.75, 3.05) is 19.6 Å². The van der Waals surface area contributed by atoms with Crippen molar-refractivity contribution < 1.29 is 14.4 Å². The summed E-state index contributed by atoms with van der Waals surface area (Å²) in [6.45, 7) is 2.05. The number of hydrogen-bond donors (Lipinski definition) is 3. The Labute approximate surface area is 178 Å². The molecule has 2 aliphatic rings. The topological polar surface area (TPSA) is 121 Å². The molecule has 5 rings (SSSR count). The first-order valence-electron chi connectivity index (χ1n) is 10.4. The number of fused-ring (bicyclic) bond motifs is 2. The van der Waals surface area contributed by atoms with E-state index in [9.17, 15) is 14.4 Å². The van der Waals surface area contributed by atoms with Crippen LogP contribution in [0.3, 0.4) is 0 Å². The number of rotatable bonds is 6. The van der Waals surface area contributed by atoms with Crippen molar-refractivity contribution in [3.63, 3.8) is 0 Å². The summed E-state index contributed by atoms with van der Waals surface area (Å²) in [6, 6.07) is 10.2. The summed E-state index contributed by atoms with van der Waals surface area (Å²) in [7, 11) is 0. The molecule has 31 heavy (non-hydrogen) atoms. The summed E-state index contributed by atoms with van der Waals surface area (Å²) in [5.74, 6) is 0.792. The Morgan fingerprint density at radius 1 is 1.13 bits per heavy atom. The zero-order valence-corrected chi connectivity index (χ0v) is 16.9. The summed E-state index contributed by atoms with van der Waals surface area (Å²) in [4.78, 5) is 45.5. The third-order valence-electron chi connectivity index (χ3n) is 6.48. The number of likely N-dealkylation sites (tertiary alicyclic amines) is 1. The largest absolute Gasteiger partial charge is 0.366 e. The van der Waals surface area contributed by atoms with Gasteiger partial charge < -0.3 is 20.9 Å². The fourth-order valence-electron chi connectivity index (χ4n) is 4.77. The van der Waals surface area contributed by atoms with Gasteiger partial charge in [0.1, 0.15) is 5.69 Å². The molecule has 0 radical (unpaired) electrons. The lowest BCUT2D eigenvalue weighted by Gasteiger charge is -2.20. The highest BCUT2D eigenvalue weighted by Crippen LogP contribution is 2.53. The second kappa shape index (κ2) is 7.54. The van der Waals surface area contributed by atoms with Crippen molar-refractivity contribution in [3.05, 3.63) is 65.6 Å². The van der Waals surface area contributed by atoms with Crippen LogP contribution in [0.1, 0.15) is 37.6 Å². The lowest BCUT2D eigenvalue weighted by Crippen LogP contribution is -2.32. The van der Waals surface area contributed by atoms with E-state index in [-0.39, 0.29) is 11.8 Å². The molecule has 0 bridgehead atoms. The van der Waals surface area contributed by atoms with Crippen LogP contribution < -0.4 is 11.1 Å². The summed E-state index contributed by atoms with van der Waals surface area (Å²) in [5.41, 5.74) is 7.58. The van der Waals surface area contributed by atoms with Crippen LogP contribution >= 0.6 is 0 Å². The Morgan fingerprint density at radius 2 is 1.90 bits per heavy atom. The molecule has 4 N–H and O–H groups in total. The highest BCUT2D eigenvalue weighted by Gasteiger charge is 2.55. The van der Waals surface area contributed by atoms with Crippen LogP contribution in [0.2, 0.25) is 0 Å². The molecule has 8 heteroatoms. The maximum Gasteiger partial charge on any atom is 0.267 e. The number of H-pyrrole nitrogens is 1. The van der Waals surface area contributed by atoms with Crippen molar-refractivity contribution in [2.24, 2.45) is 23.5 Å². The Morgan fingerprint density at radius 3 is 2.65 bits per heavy atom. The molecule has 1 aromatic carbocycles. The van der Waals surface area contributed by atoms with Crippen LogP contribution in [0, 0.1) is 17.8 Å². The Hall–Kier alpha value is -3.68. The monoisotopic (exact) mass is 417 g/mol. The van der Waals surface area contributed by atoms with E-state index in [4.69, 9.17) is 5.73 Å². The maximum atomic E-state index is 12.7. The predicted octanol–water partition coefficient (Wildman–Crippen LogP) is 1.80. The summed E-state index contributed by atoms with van der Waals surface area (Å²) < 4.78 is 0. The highest BCUT2D eigenvalue weighted by atomic mass is 16.2. The van der Waals surface area contributed by atoms with Crippen LogP contribution in [-0.2, 0) is 0 Å². The van der Waals surface area contributed by atoms with Gasteiger partial charge in [0.2, 0.25) is 5.91 Å². The number of carbonyl (C=O) groups is 3. The molecule has 8 nitrogen and oxygen atoms in total. The second-order valence-corrected chi connectivity index (χ2v) is 8.34. The second-order valence-electron chi connectivity index (χ2n) is 8.34. The summed E-state index contributed by atoms with van der Waals surface area (Å²) in [6.07, 6.45) is 4.32. The average molecular weight is 417 g/mol. The third kappa shape index (κ3) is 3.65. The molecule has 158 valence electrons. The van der Waals surface area contributed by atoms with E-state index >= 15 is 0 Å². The smallest absolute Gasteiger partial charge is 0.267 e. The Kier molecular flexibility index (Phi) is 4.69. The number of nitrogens with one attached hydrogen (secondary N) is 2. The number of aromatic nitrogens is 2. The normalized spacial score (nSPS) is 21.7. The zero-order chi connectivity index (χ0) is 21.5. The molecule has 1 saturated heterocycles. The van der Waals surface area contributed by atoms with Crippen LogP contribution in [0.4, 0.5) is 0 Å². The van der Waals surface area contributed by atoms with E-state index in [1.807, 2.05) is 11.0 Å². The number of primary amides is 1. The molecule has 0 unspecified atom stereocenters. The van der Waals surface area contributed by atoms with Crippen molar-refractivity contribution in [2.45, 2.75) is 6.42 Å². The number of hydrogen-bond acceptors (Lipinski definition) is 4. The van der Waals surface area contributed by atoms with E-state index in [1.165, 1.54) is 0 Å². The van der Waals surface area contributed by atoms with Crippen LogP contribution in [-0.4, -0.2) is 52.2 Å². The van der Waals surface area contributed by atoms with Gasteiger partial charge in [0.05, 0.1) is 0 Å². The van der Waals surface area contributed by atoms with Crippen LogP contribution in [0.25, 0.3) is 10.9 Å². The van der Waals surface area contributed by atoms with Gasteiger partial charge in [-0.3, -0.25) is 19.4 Å². The number of benzene rings is 1. The van der Waals surface area contributed by atoms with Gasteiger partial charge in [0.25, 0.3) is 11.8 Å². The first kappa shape index (κ1) is 19.3. The molecule has 3 atom stereocenters. The van der Waals surface area contributed by atoms with Crippen molar-refractivity contribution in [1.29, 1.82) is 0 Å². The summed E-state index contributed by atoms with van der Waals surface area (Å²) >= 11 is 0. The minimum atomic E-state index is -0.537. The van der Waals surface area contributed by atoms with E-state index in [0.717, 1.165) is 30.4 Å². The van der Waals surface area contributed by atoms with E-state index in [2.05, 4.69) is 15.3 Å². The Balaban J connectivity index is 1.10. The SMILES string of the molecule is NC(=O)c1cccc(C(=O)N2C[C@@H]3[C@@H](CCNC(=O)c4cc5cnccc5[nH]4)[C@@H]3C2)c1. The van der Waals surface area contributed by atoms with Crippen molar-refractivity contribution in [1.82, 2.24) is 20.2 Å². The number of carbonyl (C=O) groups excluding carboxylic acids is 3. The third-order valence-corrected chi connectivity index (χ3v) is 6.48. The first-order valence-corrected chi connectivity index (χ1v) is 10.4.